The molecule has 0 aliphatic rings. The van der Waals surface area contributed by atoms with Crippen molar-refractivity contribution < 1.29 is 9.90 Å². The highest BCUT2D eigenvalue weighted by molar-refractivity contribution is 5.65. The molecule has 0 heterocycles. The van der Waals surface area contributed by atoms with Crippen LogP contribution in [0.1, 0.15) is 58.9 Å². The van der Waals surface area contributed by atoms with Crippen LogP contribution in [-0.4, -0.2) is 46.2 Å². The van der Waals surface area contributed by atoms with E-state index in [4.69, 9.17) is 0 Å². The maximum Gasteiger partial charge on any atom is 0.407 e. The van der Waals surface area contributed by atoms with Crippen molar-refractivity contribution in [1.82, 2.24) is 9.80 Å². The fraction of sp³-hybridized carbons (Fsp3) is 0.650. The minimum absolute atomic E-state index is 0.326. The highest BCUT2D eigenvalue weighted by Gasteiger charge is 2.25. The molecule has 136 valence electrons. The molecule has 1 N–H and O–H groups in total. The summed E-state index contributed by atoms with van der Waals surface area (Å²) in [7, 11) is 0. The summed E-state index contributed by atoms with van der Waals surface area (Å²) < 4.78 is 0. The molecule has 0 aromatic heterocycles. The maximum absolute atomic E-state index is 11.3. The Balaban J connectivity index is 2.34. The van der Waals surface area contributed by atoms with E-state index < -0.39 is 6.09 Å². The Bertz CT molecular complexity index is 468. The Morgan fingerprint density at radius 3 is 2.17 bits per heavy atom. The summed E-state index contributed by atoms with van der Waals surface area (Å²) in [5.74, 6) is 0. The lowest BCUT2D eigenvalue weighted by molar-refractivity contribution is 0.0987. The van der Waals surface area contributed by atoms with Gasteiger partial charge in [0, 0.05) is 18.6 Å². The molecule has 0 spiro atoms. The van der Waals surface area contributed by atoms with E-state index in [1.807, 2.05) is 20.8 Å². The number of rotatable bonds is 10. The van der Waals surface area contributed by atoms with E-state index in [0.717, 1.165) is 45.3 Å². The fourth-order valence-electron chi connectivity index (χ4n) is 2.93. The molecule has 1 amide bonds. The van der Waals surface area contributed by atoms with Crippen molar-refractivity contribution in [2.45, 2.75) is 65.5 Å². The number of carboxylic acid groups (broad SMARTS) is 1. The highest BCUT2D eigenvalue weighted by atomic mass is 16.4. The summed E-state index contributed by atoms with van der Waals surface area (Å²) in [5.41, 5.74) is 1.03. The molecule has 0 saturated carbocycles. The largest absolute Gasteiger partial charge is 0.465 e. The van der Waals surface area contributed by atoms with Crippen LogP contribution in [0.2, 0.25) is 0 Å². The molecule has 1 rings (SSSR count). The Kier molecular flexibility index (Phi) is 8.83. The molecule has 1 aromatic rings. The minimum Gasteiger partial charge on any atom is -0.465 e. The molecule has 0 atom stereocenters. The van der Waals surface area contributed by atoms with Gasteiger partial charge in [-0.05, 0) is 58.7 Å². The smallest absolute Gasteiger partial charge is 0.407 e. The van der Waals surface area contributed by atoms with Gasteiger partial charge in [0.2, 0.25) is 0 Å². The lowest BCUT2D eigenvalue weighted by Gasteiger charge is -2.33. The first-order valence-electron chi connectivity index (χ1n) is 9.11. The average molecular weight is 335 g/mol. The SMILES string of the molecule is CCCN(CCCCCN(C(=O)O)C(C)(C)C)Cc1ccccc1. The van der Waals surface area contributed by atoms with Crippen molar-refractivity contribution in [3.63, 3.8) is 0 Å². The second-order valence-corrected chi connectivity index (χ2v) is 7.43. The molecule has 4 nitrogen and oxygen atoms in total. The third kappa shape index (κ3) is 7.82. The topological polar surface area (TPSA) is 43.8 Å². The summed E-state index contributed by atoms with van der Waals surface area (Å²) in [4.78, 5) is 15.4. The first-order chi connectivity index (χ1) is 11.3. The molecular weight excluding hydrogens is 300 g/mol. The fourth-order valence-corrected chi connectivity index (χ4v) is 2.93. The van der Waals surface area contributed by atoms with Crippen LogP contribution in [-0.2, 0) is 6.54 Å². The van der Waals surface area contributed by atoms with Crippen molar-refractivity contribution in [2.75, 3.05) is 19.6 Å². The van der Waals surface area contributed by atoms with E-state index >= 15 is 0 Å². The lowest BCUT2D eigenvalue weighted by Crippen LogP contribution is -2.45. The van der Waals surface area contributed by atoms with Gasteiger partial charge in [0.1, 0.15) is 0 Å². The molecule has 24 heavy (non-hydrogen) atoms. The molecule has 0 unspecified atom stereocenters. The standard InChI is InChI=1S/C20H34N2O2/c1-5-14-21(17-18-12-8-6-9-13-18)15-10-7-11-16-22(19(23)24)20(2,3)4/h6,8-9,12-13H,5,7,10-11,14-17H2,1-4H3,(H,23,24). The second kappa shape index (κ2) is 10.3. The van der Waals surface area contributed by atoms with Crippen LogP contribution in [0.4, 0.5) is 4.79 Å². The van der Waals surface area contributed by atoms with E-state index in [-0.39, 0.29) is 5.54 Å². The lowest BCUT2D eigenvalue weighted by atomic mass is 10.1. The first kappa shape index (κ1) is 20.5. The Labute approximate surface area is 147 Å². The summed E-state index contributed by atoms with van der Waals surface area (Å²) in [6, 6.07) is 10.6. The third-order valence-electron chi connectivity index (χ3n) is 4.19. The van der Waals surface area contributed by atoms with Gasteiger partial charge in [0.05, 0.1) is 0 Å². The van der Waals surface area contributed by atoms with Crippen molar-refractivity contribution in [2.24, 2.45) is 0 Å². The van der Waals surface area contributed by atoms with E-state index in [2.05, 4.69) is 42.2 Å². The molecule has 0 aliphatic heterocycles. The molecule has 0 aliphatic carbocycles. The van der Waals surface area contributed by atoms with Crippen LogP contribution >= 0.6 is 0 Å². The van der Waals surface area contributed by atoms with E-state index in [9.17, 15) is 9.90 Å². The number of unbranched alkanes of at least 4 members (excludes halogenated alkanes) is 2. The van der Waals surface area contributed by atoms with Gasteiger partial charge in [-0.1, -0.05) is 43.7 Å². The number of amides is 1. The predicted molar refractivity (Wildman–Crippen MR) is 100 cm³/mol. The molecule has 0 saturated heterocycles. The zero-order chi connectivity index (χ0) is 18.0. The van der Waals surface area contributed by atoms with Gasteiger partial charge >= 0.3 is 6.09 Å². The summed E-state index contributed by atoms with van der Waals surface area (Å²) in [6.45, 7) is 11.9. The van der Waals surface area contributed by atoms with Crippen LogP contribution in [0.3, 0.4) is 0 Å². The van der Waals surface area contributed by atoms with Crippen LogP contribution in [0.5, 0.6) is 0 Å². The van der Waals surface area contributed by atoms with E-state index in [1.54, 1.807) is 4.90 Å². The van der Waals surface area contributed by atoms with Crippen LogP contribution in [0, 0.1) is 0 Å². The quantitative estimate of drug-likeness (QED) is 0.622. The van der Waals surface area contributed by atoms with Crippen molar-refractivity contribution in [3.8, 4) is 0 Å². The van der Waals surface area contributed by atoms with Gasteiger partial charge in [-0.3, -0.25) is 4.90 Å². The monoisotopic (exact) mass is 334 g/mol. The van der Waals surface area contributed by atoms with Crippen LogP contribution in [0.15, 0.2) is 30.3 Å². The third-order valence-corrected chi connectivity index (χ3v) is 4.19. The summed E-state index contributed by atoms with van der Waals surface area (Å²) >= 11 is 0. The van der Waals surface area contributed by atoms with Gasteiger partial charge in [0.25, 0.3) is 0 Å². The summed E-state index contributed by atoms with van der Waals surface area (Å²) in [5, 5.41) is 9.31. The predicted octanol–water partition coefficient (Wildman–Crippen LogP) is 4.85. The van der Waals surface area contributed by atoms with Gasteiger partial charge < -0.3 is 10.0 Å². The van der Waals surface area contributed by atoms with Gasteiger partial charge in [-0.15, -0.1) is 0 Å². The number of nitrogens with zero attached hydrogens (tertiary/aromatic N) is 2. The summed E-state index contributed by atoms with van der Waals surface area (Å²) in [6.07, 6.45) is 3.44. The van der Waals surface area contributed by atoms with Gasteiger partial charge in [-0.2, -0.15) is 0 Å². The molecular formula is C20H34N2O2. The first-order valence-corrected chi connectivity index (χ1v) is 9.11. The molecule has 1 aromatic carbocycles. The van der Waals surface area contributed by atoms with E-state index in [0.29, 0.717) is 6.54 Å². The normalized spacial score (nSPS) is 11.7. The average Bonchev–Trinajstić information content (AvgIpc) is 2.50. The molecule has 0 bridgehead atoms. The Morgan fingerprint density at radius 2 is 1.62 bits per heavy atom. The zero-order valence-electron chi connectivity index (χ0n) is 15.8. The number of hydrogen-bond acceptors (Lipinski definition) is 2. The minimum atomic E-state index is -0.820. The Morgan fingerprint density at radius 1 is 1.00 bits per heavy atom. The molecule has 0 fully saturated rings. The maximum atomic E-state index is 11.3. The number of hydrogen-bond donors (Lipinski definition) is 1. The van der Waals surface area contributed by atoms with Crippen LogP contribution in [0.25, 0.3) is 0 Å². The van der Waals surface area contributed by atoms with Crippen LogP contribution < -0.4 is 0 Å². The van der Waals surface area contributed by atoms with Gasteiger partial charge in [0.15, 0.2) is 0 Å². The Hall–Kier alpha value is -1.55. The van der Waals surface area contributed by atoms with Gasteiger partial charge in [-0.25, -0.2) is 4.79 Å². The van der Waals surface area contributed by atoms with Crippen molar-refractivity contribution >= 4 is 6.09 Å². The molecule has 4 heteroatoms. The zero-order valence-corrected chi connectivity index (χ0v) is 15.8. The van der Waals surface area contributed by atoms with E-state index in [1.165, 1.54) is 5.56 Å². The second-order valence-electron chi connectivity index (χ2n) is 7.43. The molecule has 0 radical (unpaired) electrons. The highest BCUT2D eigenvalue weighted by Crippen LogP contribution is 2.15. The van der Waals surface area contributed by atoms with Crippen molar-refractivity contribution in [1.29, 1.82) is 0 Å². The number of carbonyl (C=O) groups is 1. The van der Waals surface area contributed by atoms with Crippen molar-refractivity contribution in [3.05, 3.63) is 35.9 Å². The number of benzene rings is 1.